The maximum atomic E-state index is 15.2. The predicted molar refractivity (Wildman–Crippen MR) is 104 cm³/mol. The first kappa shape index (κ1) is 16.4. The Bertz CT molecular complexity index is 1070. The number of rotatable bonds is 2. The zero-order chi connectivity index (χ0) is 18.4. The number of fused-ring (bicyclic) bond motifs is 3. The summed E-state index contributed by atoms with van der Waals surface area (Å²) in [7, 11) is 4.03. The van der Waals surface area contributed by atoms with Gasteiger partial charge in [-0.3, -0.25) is 0 Å². The number of benzene rings is 3. The average Bonchev–Trinajstić information content (AvgIpc) is 3.00. The smallest absolute Gasteiger partial charge is 0.134 e. The normalized spacial score (nSPS) is 11.7. The zero-order valence-corrected chi connectivity index (χ0v) is 15.1. The van der Waals surface area contributed by atoms with Crippen molar-refractivity contribution in [3.05, 3.63) is 76.6 Å². The molecule has 0 radical (unpaired) electrons. The third-order valence-corrected chi connectivity index (χ3v) is 5.14. The number of aryl methyl sites for hydroxylation is 1. The Kier molecular flexibility index (Phi) is 3.77. The highest BCUT2D eigenvalue weighted by Crippen LogP contribution is 2.45. The maximum Gasteiger partial charge on any atom is 0.134 e. The maximum absolute atomic E-state index is 15.2. The molecule has 128 valence electrons. The molecule has 0 aliphatic heterocycles. The SMILES string of the molecule is Cc1cc2c(c(-c3ccccc3C#N)c1F)Cc1ccc(N(C)C)cc1-2. The van der Waals surface area contributed by atoms with E-state index in [9.17, 15) is 5.26 Å². The van der Waals surface area contributed by atoms with Gasteiger partial charge in [0.05, 0.1) is 11.6 Å². The van der Waals surface area contributed by atoms with E-state index in [1.807, 2.05) is 38.4 Å². The molecule has 3 aromatic carbocycles. The van der Waals surface area contributed by atoms with Gasteiger partial charge in [0.15, 0.2) is 0 Å². The summed E-state index contributed by atoms with van der Waals surface area (Å²) < 4.78 is 15.2. The zero-order valence-electron chi connectivity index (χ0n) is 15.1. The van der Waals surface area contributed by atoms with Crippen LogP contribution in [0.25, 0.3) is 22.3 Å². The Balaban J connectivity index is 2.01. The van der Waals surface area contributed by atoms with Crippen LogP contribution in [0.15, 0.2) is 48.5 Å². The number of hydrogen-bond acceptors (Lipinski definition) is 2. The Hall–Kier alpha value is -3.12. The summed E-state index contributed by atoms with van der Waals surface area (Å²) in [5, 5.41) is 9.48. The highest BCUT2D eigenvalue weighted by atomic mass is 19.1. The third-order valence-electron chi connectivity index (χ3n) is 5.14. The Morgan fingerprint density at radius 2 is 1.77 bits per heavy atom. The van der Waals surface area contributed by atoms with Crippen LogP contribution in [0.3, 0.4) is 0 Å². The monoisotopic (exact) mass is 342 g/mol. The number of anilines is 1. The van der Waals surface area contributed by atoms with Crippen molar-refractivity contribution in [2.24, 2.45) is 0 Å². The van der Waals surface area contributed by atoms with E-state index in [1.165, 1.54) is 5.56 Å². The Morgan fingerprint density at radius 3 is 2.50 bits per heavy atom. The molecule has 0 heterocycles. The molecule has 0 unspecified atom stereocenters. The van der Waals surface area contributed by atoms with E-state index in [-0.39, 0.29) is 5.82 Å². The fourth-order valence-corrected chi connectivity index (χ4v) is 3.77. The van der Waals surface area contributed by atoms with Gasteiger partial charge in [0.2, 0.25) is 0 Å². The molecule has 0 spiro atoms. The highest BCUT2D eigenvalue weighted by molar-refractivity contribution is 5.88. The third kappa shape index (κ3) is 2.38. The van der Waals surface area contributed by atoms with E-state index in [4.69, 9.17) is 0 Å². The molecule has 4 rings (SSSR count). The van der Waals surface area contributed by atoms with Gasteiger partial charge in [0.1, 0.15) is 5.82 Å². The molecule has 3 aromatic rings. The second-order valence-electron chi connectivity index (χ2n) is 6.98. The van der Waals surface area contributed by atoms with Crippen molar-refractivity contribution in [2.45, 2.75) is 13.3 Å². The van der Waals surface area contributed by atoms with Crippen LogP contribution in [-0.2, 0) is 6.42 Å². The van der Waals surface area contributed by atoms with Crippen LogP contribution in [0, 0.1) is 24.1 Å². The van der Waals surface area contributed by atoms with Crippen LogP contribution in [0.1, 0.15) is 22.3 Å². The van der Waals surface area contributed by atoms with Crippen molar-refractivity contribution in [3.8, 4) is 28.3 Å². The summed E-state index contributed by atoms with van der Waals surface area (Å²) in [5.74, 6) is -0.230. The first-order valence-corrected chi connectivity index (χ1v) is 8.63. The van der Waals surface area contributed by atoms with Crippen LogP contribution in [0.4, 0.5) is 10.1 Å². The van der Waals surface area contributed by atoms with E-state index in [2.05, 4.69) is 29.2 Å². The number of hydrogen-bond donors (Lipinski definition) is 0. The lowest BCUT2D eigenvalue weighted by molar-refractivity contribution is 0.621. The van der Waals surface area contributed by atoms with Crippen molar-refractivity contribution >= 4 is 5.69 Å². The van der Waals surface area contributed by atoms with Gasteiger partial charge in [-0.05, 0) is 65.4 Å². The van der Waals surface area contributed by atoms with E-state index >= 15 is 4.39 Å². The lowest BCUT2D eigenvalue weighted by Gasteiger charge is -2.15. The molecule has 0 saturated carbocycles. The van der Waals surface area contributed by atoms with Gasteiger partial charge in [-0.15, -0.1) is 0 Å². The molecule has 0 atom stereocenters. The lowest BCUT2D eigenvalue weighted by Crippen LogP contribution is -2.08. The molecule has 0 aromatic heterocycles. The minimum Gasteiger partial charge on any atom is -0.378 e. The van der Waals surface area contributed by atoms with Crippen LogP contribution in [0.2, 0.25) is 0 Å². The summed E-state index contributed by atoms with van der Waals surface area (Å²) >= 11 is 0. The van der Waals surface area contributed by atoms with E-state index in [1.54, 1.807) is 13.0 Å². The number of nitriles is 1. The fraction of sp³-hybridized carbons (Fsp3) is 0.174. The molecule has 1 aliphatic rings. The van der Waals surface area contributed by atoms with Crippen molar-refractivity contribution in [2.75, 3.05) is 19.0 Å². The van der Waals surface area contributed by atoms with E-state index < -0.39 is 0 Å². The molecule has 1 aliphatic carbocycles. The standard InChI is InChI=1S/C23H19FN2/c1-14-10-20-19-12-17(26(2)3)9-8-15(19)11-21(20)22(23(14)24)18-7-5-4-6-16(18)13-25/h4-10,12H,11H2,1-3H3. The van der Waals surface area contributed by atoms with Crippen LogP contribution in [-0.4, -0.2) is 14.1 Å². The van der Waals surface area contributed by atoms with E-state index in [0.717, 1.165) is 22.4 Å². The van der Waals surface area contributed by atoms with Gasteiger partial charge < -0.3 is 4.90 Å². The number of halogens is 1. The molecule has 0 N–H and O–H groups in total. The van der Waals surface area contributed by atoms with Gasteiger partial charge in [-0.25, -0.2) is 4.39 Å². The molecule has 26 heavy (non-hydrogen) atoms. The van der Waals surface area contributed by atoms with E-state index in [0.29, 0.717) is 28.7 Å². The first-order valence-electron chi connectivity index (χ1n) is 8.63. The van der Waals surface area contributed by atoms with Gasteiger partial charge in [-0.1, -0.05) is 24.3 Å². The summed E-state index contributed by atoms with van der Waals surface area (Å²) in [6.07, 6.45) is 0.685. The fourth-order valence-electron chi connectivity index (χ4n) is 3.77. The molecule has 0 bridgehead atoms. The quantitative estimate of drug-likeness (QED) is 0.493. The summed E-state index contributed by atoms with van der Waals surface area (Å²) in [6, 6.07) is 17.8. The second kappa shape index (κ2) is 6.00. The van der Waals surface area contributed by atoms with Crippen LogP contribution in [0.5, 0.6) is 0 Å². The Labute approximate surface area is 153 Å². The molecule has 3 heteroatoms. The lowest BCUT2D eigenvalue weighted by atomic mass is 9.90. The van der Waals surface area contributed by atoms with Crippen molar-refractivity contribution in [3.63, 3.8) is 0 Å². The summed E-state index contributed by atoms with van der Waals surface area (Å²) in [4.78, 5) is 2.07. The van der Waals surface area contributed by atoms with Gasteiger partial charge in [0, 0.05) is 30.9 Å². The highest BCUT2D eigenvalue weighted by Gasteiger charge is 2.27. The molecule has 2 nitrogen and oxygen atoms in total. The van der Waals surface area contributed by atoms with Gasteiger partial charge >= 0.3 is 0 Å². The van der Waals surface area contributed by atoms with Crippen molar-refractivity contribution in [1.82, 2.24) is 0 Å². The first-order chi connectivity index (χ1) is 12.5. The molecule has 0 saturated heterocycles. The molecule has 0 fully saturated rings. The van der Waals surface area contributed by atoms with Gasteiger partial charge in [0.25, 0.3) is 0 Å². The molecular weight excluding hydrogens is 323 g/mol. The van der Waals surface area contributed by atoms with Crippen molar-refractivity contribution < 1.29 is 4.39 Å². The minimum atomic E-state index is -0.230. The largest absolute Gasteiger partial charge is 0.378 e. The topological polar surface area (TPSA) is 27.0 Å². The van der Waals surface area contributed by atoms with Gasteiger partial charge in [-0.2, -0.15) is 5.26 Å². The predicted octanol–water partition coefficient (Wildman–Crippen LogP) is 5.31. The van der Waals surface area contributed by atoms with Crippen LogP contribution < -0.4 is 4.90 Å². The average molecular weight is 342 g/mol. The molecular formula is C23H19FN2. The van der Waals surface area contributed by atoms with Crippen LogP contribution >= 0.6 is 0 Å². The second-order valence-corrected chi connectivity index (χ2v) is 6.98. The van der Waals surface area contributed by atoms with Crippen molar-refractivity contribution in [1.29, 1.82) is 5.26 Å². The minimum absolute atomic E-state index is 0.230. The summed E-state index contributed by atoms with van der Waals surface area (Å²) in [5.41, 5.74) is 7.88. The molecule has 0 amide bonds. The summed E-state index contributed by atoms with van der Waals surface area (Å²) in [6.45, 7) is 1.79. The Morgan fingerprint density at radius 1 is 1.00 bits per heavy atom. The number of nitrogens with zero attached hydrogens (tertiary/aromatic N) is 2.